The van der Waals surface area contributed by atoms with E-state index >= 15 is 0 Å². The van der Waals surface area contributed by atoms with E-state index in [1.165, 1.54) is 4.90 Å². The molecular formula is C29H30N2O6. The number of anilines is 1. The predicted molar refractivity (Wildman–Crippen MR) is 143 cm³/mol. The van der Waals surface area contributed by atoms with Crippen molar-refractivity contribution in [2.45, 2.75) is 26.8 Å². The Morgan fingerprint density at radius 2 is 1.51 bits per heavy atom. The molecular weight excluding hydrogens is 472 g/mol. The Morgan fingerprint density at radius 3 is 2.14 bits per heavy atom. The zero-order valence-corrected chi connectivity index (χ0v) is 21.7. The van der Waals surface area contributed by atoms with Crippen molar-refractivity contribution in [3.8, 4) is 28.7 Å². The topological polar surface area (TPSA) is 90.4 Å². The van der Waals surface area contributed by atoms with Crippen LogP contribution in [0.3, 0.4) is 0 Å². The summed E-state index contributed by atoms with van der Waals surface area (Å²) in [6.07, 6.45) is 0.628. The fourth-order valence-electron chi connectivity index (χ4n) is 4.31. The molecule has 8 heteroatoms. The third kappa shape index (κ3) is 5.09. The molecule has 0 saturated heterocycles. The van der Waals surface area contributed by atoms with Crippen LogP contribution in [-0.4, -0.2) is 37.5 Å². The first-order valence-electron chi connectivity index (χ1n) is 11.7. The van der Waals surface area contributed by atoms with Crippen LogP contribution in [0.25, 0.3) is 10.9 Å². The molecule has 1 unspecified atom stereocenters. The van der Waals surface area contributed by atoms with Gasteiger partial charge in [0.25, 0.3) is 0 Å². The van der Waals surface area contributed by atoms with Crippen LogP contribution in [0.2, 0.25) is 0 Å². The highest BCUT2D eigenvalue weighted by Gasteiger charge is 2.25. The van der Waals surface area contributed by atoms with E-state index in [0.29, 0.717) is 40.0 Å². The van der Waals surface area contributed by atoms with Gasteiger partial charge in [-0.05, 0) is 73.9 Å². The Bertz CT molecular complexity index is 1440. The first kappa shape index (κ1) is 25.6. The summed E-state index contributed by atoms with van der Waals surface area (Å²) < 4.78 is 22.4. The summed E-state index contributed by atoms with van der Waals surface area (Å²) in [5, 5.41) is 10.9. The number of carbonyl (C=O) groups is 1. The standard InChI is InChI=1S/C29H30N2O6/c1-17-14-26(37-25-11-12-30-23-16-28(36-6)27(35-5)15-22(23)25)18(2)13-24(17)31(29(32)33)19(3)20-7-9-21(34-4)10-8-20/h7-16,19H,1-6H3,(H,32,33). The van der Waals surface area contributed by atoms with Crippen LogP contribution in [0.4, 0.5) is 10.5 Å². The zero-order chi connectivity index (χ0) is 26.7. The van der Waals surface area contributed by atoms with Gasteiger partial charge in [-0.3, -0.25) is 9.88 Å². The summed E-state index contributed by atoms with van der Waals surface area (Å²) in [7, 11) is 4.75. The number of benzene rings is 3. The summed E-state index contributed by atoms with van der Waals surface area (Å²) in [6.45, 7) is 5.63. The van der Waals surface area contributed by atoms with Gasteiger partial charge in [-0.25, -0.2) is 4.79 Å². The smallest absolute Gasteiger partial charge is 0.412 e. The molecule has 192 valence electrons. The monoisotopic (exact) mass is 502 g/mol. The zero-order valence-electron chi connectivity index (χ0n) is 21.7. The SMILES string of the molecule is COc1ccc(C(C)N(C(=O)O)c2cc(C)c(Oc3ccnc4cc(OC)c(OC)cc34)cc2C)cc1. The van der Waals surface area contributed by atoms with Crippen LogP contribution in [0.1, 0.15) is 29.7 Å². The Labute approximate surface area is 216 Å². The second kappa shape index (κ2) is 10.7. The van der Waals surface area contributed by atoms with Gasteiger partial charge in [-0.1, -0.05) is 12.1 Å². The van der Waals surface area contributed by atoms with Crippen molar-refractivity contribution in [3.63, 3.8) is 0 Å². The molecule has 8 nitrogen and oxygen atoms in total. The largest absolute Gasteiger partial charge is 0.497 e. The predicted octanol–water partition coefficient (Wildman–Crippen LogP) is 6.92. The van der Waals surface area contributed by atoms with Crippen LogP contribution < -0.4 is 23.8 Å². The highest BCUT2D eigenvalue weighted by Crippen LogP contribution is 2.39. The number of aryl methyl sites for hydroxylation is 2. The van der Waals surface area contributed by atoms with Crippen molar-refractivity contribution < 1.29 is 28.8 Å². The molecule has 0 bridgehead atoms. The number of aromatic nitrogens is 1. The molecule has 4 rings (SSSR count). The highest BCUT2D eigenvalue weighted by atomic mass is 16.5. The number of hydrogen-bond donors (Lipinski definition) is 1. The lowest BCUT2D eigenvalue weighted by atomic mass is 10.0. The number of carboxylic acid groups (broad SMARTS) is 1. The minimum absolute atomic E-state index is 0.417. The molecule has 0 saturated carbocycles. The van der Waals surface area contributed by atoms with Crippen molar-refractivity contribution in [2.24, 2.45) is 0 Å². The molecule has 0 aliphatic heterocycles. The summed E-state index contributed by atoms with van der Waals surface area (Å²) in [5.74, 6) is 3.08. The van der Waals surface area contributed by atoms with Gasteiger partial charge < -0.3 is 24.1 Å². The van der Waals surface area contributed by atoms with E-state index in [0.717, 1.165) is 22.1 Å². The lowest BCUT2D eigenvalue weighted by molar-refractivity contribution is 0.199. The number of methoxy groups -OCH3 is 3. The molecule has 0 radical (unpaired) electrons. The van der Waals surface area contributed by atoms with Crippen LogP contribution >= 0.6 is 0 Å². The minimum Gasteiger partial charge on any atom is -0.497 e. The molecule has 0 aliphatic rings. The Kier molecular flexibility index (Phi) is 7.38. The third-order valence-corrected chi connectivity index (χ3v) is 6.37. The van der Waals surface area contributed by atoms with Crippen molar-refractivity contribution in [2.75, 3.05) is 26.2 Å². The fraction of sp³-hybridized carbons (Fsp3) is 0.241. The third-order valence-electron chi connectivity index (χ3n) is 6.37. The molecule has 1 aromatic heterocycles. The van der Waals surface area contributed by atoms with Gasteiger partial charge in [-0.2, -0.15) is 0 Å². The van der Waals surface area contributed by atoms with Gasteiger partial charge >= 0.3 is 6.09 Å². The van der Waals surface area contributed by atoms with E-state index < -0.39 is 12.1 Å². The van der Waals surface area contributed by atoms with E-state index in [2.05, 4.69) is 4.98 Å². The normalized spacial score (nSPS) is 11.6. The molecule has 4 aromatic rings. The number of amides is 1. The van der Waals surface area contributed by atoms with Crippen LogP contribution in [0.15, 0.2) is 60.8 Å². The Morgan fingerprint density at radius 1 is 0.838 bits per heavy atom. The molecule has 0 spiro atoms. The van der Waals surface area contributed by atoms with Crippen molar-refractivity contribution in [1.29, 1.82) is 0 Å². The van der Waals surface area contributed by atoms with Gasteiger partial charge in [0.2, 0.25) is 0 Å². The Balaban J connectivity index is 1.70. The number of fused-ring (bicyclic) bond motifs is 1. The summed E-state index contributed by atoms with van der Waals surface area (Å²) in [6, 6.07) is 16.1. The lowest BCUT2D eigenvalue weighted by Gasteiger charge is -2.29. The van der Waals surface area contributed by atoms with Crippen LogP contribution in [0, 0.1) is 13.8 Å². The first-order chi connectivity index (χ1) is 17.8. The molecule has 0 fully saturated rings. The average Bonchev–Trinajstić information content (AvgIpc) is 2.90. The first-order valence-corrected chi connectivity index (χ1v) is 11.7. The molecule has 1 atom stereocenters. The van der Waals surface area contributed by atoms with E-state index in [9.17, 15) is 9.90 Å². The molecule has 1 amide bonds. The Hall–Kier alpha value is -4.46. The maximum atomic E-state index is 12.4. The summed E-state index contributed by atoms with van der Waals surface area (Å²) >= 11 is 0. The van der Waals surface area contributed by atoms with Crippen molar-refractivity contribution >= 4 is 22.7 Å². The van der Waals surface area contributed by atoms with E-state index in [1.54, 1.807) is 39.7 Å². The van der Waals surface area contributed by atoms with Crippen LogP contribution in [-0.2, 0) is 0 Å². The minimum atomic E-state index is -1.04. The van der Waals surface area contributed by atoms with Crippen molar-refractivity contribution in [3.05, 3.63) is 77.5 Å². The fourth-order valence-corrected chi connectivity index (χ4v) is 4.31. The second-order valence-corrected chi connectivity index (χ2v) is 8.64. The van der Waals surface area contributed by atoms with Gasteiger partial charge in [0.1, 0.15) is 17.2 Å². The van der Waals surface area contributed by atoms with Gasteiger partial charge in [0, 0.05) is 17.6 Å². The second-order valence-electron chi connectivity index (χ2n) is 8.64. The van der Waals surface area contributed by atoms with Gasteiger partial charge in [-0.15, -0.1) is 0 Å². The van der Waals surface area contributed by atoms with E-state index in [1.807, 2.05) is 63.2 Å². The van der Waals surface area contributed by atoms with Crippen LogP contribution in [0.5, 0.6) is 28.7 Å². The maximum Gasteiger partial charge on any atom is 0.412 e. The van der Waals surface area contributed by atoms with E-state index in [-0.39, 0.29) is 0 Å². The van der Waals surface area contributed by atoms with Crippen molar-refractivity contribution in [1.82, 2.24) is 4.98 Å². The number of nitrogens with zero attached hydrogens (tertiary/aromatic N) is 2. The average molecular weight is 503 g/mol. The quantitative estimate of drug-likeness (QED) is 0.280. The highest BCUT2D eigenvalue weighted by molar-refractivity contribution is 5.90. The number of pyridine rings is 1. The lowest BCUT2D eigenvalue weighted by Crippen LogP contribution is -2.32. The molecule has 0 aliphatic carbocycles. The molecule has 1 heterocycles. The maximum absolute atomic E-state index is 12.4. The number of rotatable bonds is 8. The van der Waals surface area contributed by atoms with E-state index in [4.69, 9.17) is 18.9 Å². The molecule has 1 N–H and O–H groups in total. The molecule has 3 aromatic carbocycles. The summed E-state index contributed by atoms with van der Waals surface area (Å²) in [4.78, 5) is 18.2. The van der Waals surface area contributed by atoms with Gasteiger partial charge in [0.15, 0.2) is 11.5 Å². The number of hydrogen-bond acceptors (Lipinski definition) is 6. The van der Waals surface area contributed by atoms with Gasteiger partial charge in [0.05, 0.1) is 38.6 Å². The molecule has 37 heavy (non-hydrogen) atoms. The number of ether oxygens (including phenoxy) is 4. The summed E-state index contributed by atoms with van der Waals surface area (Å²) in [5.41, 5.74) is 3.70.